The Balaban J connectivity index is 3.07. The Morgan fingerprint density at radius 2 is 2.20 bits per heavy atom. The molecule has 0 fully saturated rings. The fourth-order valence-corrected chi connectivity index (χ4v) is 0.876. The Hall–Kier alpha value is -0.833. The van der Waals surface area contributed by atoms with Crippen LogP contribution in [0.25, 0.3) is 0 Å². The third-order valence-electron chi connectivity index (χ3n) is 1.15. The maximum atomic E-state index is 12.7. The first-order chi connectivity index (χ1) is 4.74. The summed E-state index contributed by atoms with van der Waals surface area (Å²) in [7, 11) is 4.61. The summed E-state index contributed by atoms with van der Waals surface area (Å²) in [5, 5.41) is 0.707. The largest absolute Gasteiger partial charge is 0.494 e. The van der Waals surface area contributed by atoms with E-state index in [1.54, 1.807) is 12.1 Å². The molecule has 3 heteroatoms. The van der Waals surface area contributed by atoms with Gasteiger partial charge in [-0.25, -0.2) is 4.39 Å². The molecular weight excluding hydrogens is 147 g/mol. The highest BCUT2D eigenvalue weighted by molar-refractivity contribution is 6.32. The van der Waals surface area contributed by atoms with Crippen molar-refractivity contribution in [2.75, 3.05) is 7.11 Å². The Labute approximate surface area is 62.2 Å². The second kappa shape index (κ2) is 2.83. The molecule has 0 aliphatic carbocycles. The fourth-order valence-electron chi connectivity index (χ4n) is 0.666. The summed E-state index contributed by atoms with van der Waals surface area (Å²) in [6.07, 6.45) is 0. The van der Waals surface area contributed by atoms with Gasteiger partial charge >= 0.3 is 0 Å². The van der Waals surface area contributed by atoms with Gasteiger partial charge in [-0.3, -0.25) is 0 Å². The van der Waals surface area contributed by atoms with E-state index in [-0.39, 0.29) is 11.6 Å². The van der Waals surface area contributed by atoms with Crippen molar-refractivity contribution in [1.29, 1.82) is 0 Å². The lowest BCUT2D eigenvalue weighted by Crippen LogP contribution is -2.02. The van der Waals surface area contributed by atoms with E-state index >= 15 is 0 Å². The summed E-state index contributed by atoms with van der Waals surface area (Å²) >= 11 is 0. The summed E-state index contributed by atoms with van der Waals surface area (Å²) in [4.78, 5) is 0. The summed E-state index contributed by atoms with van der Waals surface area (Å²) in [5.74, 6) is -0.0861. The van der Waals surface area contributed by atoms with Gasteiger partial charge in [0.05, 0.1) is 17.4 Å². The van der Waals surface area contributed by atoms with Crippen molar-refractivity contribution in [3.8, 4) is 5.75 Å². The Bertz CT molecular complexity index is 237. The van der Waals surface area contributed by atoms with Crippen molar-refractivity contribution in [2.24, 2.45) is 0 Å². The molecule has 1 aromatic carbocycles. The van der Waals surface area contributed by atoms with E-state index in [2.05, 4.69) is 10.2 Å². The third-order valence-corrected chi connectivity index (χ3v) is 1.46. The van der Waals surface area contributed by atoms with Crippen molar-refractivity contribution in [3.63, 3.8) is 0 Å². The molecule has 0 aromatic heterocycles. The van der Waals surface area contributed by atoms with Gasteiger partial charge in [0.15, 0.2) is 11.6 Å². The van der Waals surface area contributed by atoms with E-state index in [0.717, 1.165) is 0 Å². The number of hydrogen-bond donors (Lipinski definition) is 0. The molecule has 51 valence electrons. The van der Waals surface area contributed by atoms with E-state index in [0.29, 0.717) is 5.19 Å². The van der Waals surface area contributed by atoms with Crippen LogP contribution in [0, 0.1) is 5.82 Å². The van der Waals surface area contributed by atoms with E-state index in [1.165, 1.54) is 13.2 Å². The average Bonchev–Trinajstić information content (AvgIpc) is 1.88. The minimum absolute atomic E-state index is 0.266. The molecule has 1 aromatic rings. The quantitative estimate of drug-likeness (QED) is 0.538. The average molecular weight is 153 g/mol. The lowest BCUT2D eigenvalue weighted by Gasteiger charge is -2.00. The van der Waals surface area contributed by atoms with Crippen LogP contribution < -0.4 is 9.92 Å². The van der Waals surface area contributed by atoms with Crippen LogP contribution in [0.15, 0.2) is 18.2 Å². The van der Waals surface area contributed by atoms with Crippen molar-refractivity contribution < 1.29 is 9.13 Å². The zero-order valence-electron chi connectivity index (χ0n) is 5.52. The molecule has 0 saturated carbocycles. The van der Waals surface area contributed by atoms with Gasteiger partial charge in [0.2, 0.25) is 0 Å². The second-order valence-corrected chi connectivity index (χ2v) is 2.43. The van der Waals surface area contributed by atoms with Gasteiger partial charge < -0.3 is 4.74 Å². The molecule has 10 heavy (non-hydrogen) atoms. The second-order valence-electron chi connectivity index (χ2n) is 1.85. The molecule has 3 radical (unpaired) electrons. The van der Waals surface area contributed by atoms with Crippen LogP contribution in [0.3, 0.4) is 0 Å². The summed E-state index contributed by atoms with van der Waals surface area (Å²) < 4.78 is 17.4. The number of benzene rings is 1. The molecule has 0 aliphatic heterocycles. The Morgan fingerprint density at radius 3 is 2.70 bits per heavy atom. The molecule has 0 aliphatic rings. The van der Waals surface area contributed by atoms with Gasteiger partial charge in [-0.1, -0.05) is 11.3 Å². The van der Waals surface area contributed by atoms with Crippen LogP contribution in [0.5, 0.6) is 5.75 Å². The van der Waals surface area contributed by atoms with Crippen LogP contribution in [-0.4, -0.2) is 17.4 Å². The molecule has 0 saturated heterocycles. The molecule has 0 spiro atoms. The first-order valence-electron chi connectivity index (χ1n) is 2.79. The highest BCUT2D eigenvalue weighted by Gasteiger charge is 1.99. The standard InChI is InChI=1S/C7H6FOSi/c1-9-7-3-2-5(10)4-6(7)8/h2-4H,1H3. The monoisotopic (exact) mass is 153 g/mol. The zero-order chi connectivity index (χ0) is 7.56. The van der Waals surface area contributed by atoms with Crippen LogP contribution in [0.4, 0.5) is 4.39 Å². The van der Waals surface area contributed by atoms with Crippen LogP contribution in [0.2, 0.25) is 0 Å². The number of rotatable bonds is 1. The molecule has 0 unspecified atom stereocenters. The molecule has 1 rings (SSSR count). The van der Waals surface area contributed by atoms with Gasteiger partial charge in [-0.2, -0.15) is 0 Å². The number of ether oxygens (including phenoxy) is 1. The predicted molar refractivity (Wildman–Crippen MR) is 38.3 cm³/mol. The van der Waals surface area contributed by atoms with Crippen molar-refractivity contribution in [2.45, 2.75) is 0 Å². The number of halogens is 1. The van der Waals surface area contributed by atoms with E-state index < -0.39 is 0 Å². The lowest BCUT2D eigenvalue weighted by atomic mass is 10.3. The maximum Gasteiger partial charge on any atom is 0.164 e. The van der Waals surface area contributed by atoms with Gasteiger partial charge in [-0.05, 0) is 12.1 Å². The smallest absolute Gasteiger partial charge is 0.164 e. The highest BCUT2D eigenvalue weighted by Crippen LogP contribution is 2.12. The molecule has 0 bridgehead atoms. The van der Waals surface area contributed by atoms with Crippen molar-refractivity contribution in [3.05, 3.63) is 24.0 Å². The molecule has 1 nitrogen and oxygen atoms in total. The van der Waals surface area contributed by atoms with Crippen molar-refractivity contribution in [1.82, 2.24) is 0 Å². The molecular formula is C7H6FOSi. The minimum atomic E-state index is -0.352. The molecule has 0 N–H and O–H groups in total. The van der Waals surface area contributed by atoms with E-state index in [9.17, 15) is 4.39 Å². The maximum absolute atomic E-state index is 12.7. The first kappa shape index (κ1) is 7.28. The minimum Gasteiger partial charge on any atom is -0.494 e. The Kier molecular flexibility index (Phi) is 2.06. The van der Waals surface area contributed by atoms with Crippen LogP contribution in [0.1, 0.15) is 0 Å². The topological polar surface area (TPSA) is 9.23 Å². The van der Waals surface area contributed by atoms with Crippen LogP contribution in [-0.2, 0) is 0 Å². The van der Waals surface area contributed by atoms with Gasteiger partial charge in [-0.15, -0.1) is 0 Å². The summed E-state index contributed by atoms with van der Waals surface area (Å²) in [5.41, 5.74) is 0. The lowest BCUT2D eigenvalue weighted by molar-refractivity contribution is 0.387. The van der Waals surface area contributed by atoms with Gasteiger partial charge in [0.25, 0.3) is 0 Å². The fraction of sp³-hybridized carbons (Fsp3) is 0.143. The van der Waals surface area contributed by atoms with Crippen LogP contribution >= 0.6 is 0 Å². The first-order valence-corrected chi connectivity index (χ1v) is 3.29. The predicted octanol–water partition coefficient (Wildman–Crippen LogP) is 0.628. The third kappa shape index (κ3) is 1.36. The molecule has 0 heterocycles. The Morgan fingerprint density at radius 1 is 1.50 bits per heavy atom. The molecule has 0 atom stereocenters. The molecule has 0 amide bonds. The van der Waals surface area contributed by atoms with Gasteiger partial charge in [0.1, 0.15) is 0 Å². The number of hydrogen-bond acceptors (Lipinski definition) is 1. The SMILES string of the molecule is COc1ccc([Si])cc1F. The van der Waals surface area contributed by atoms with Crippen molar-refractivity contribution >= 4 is 15.4 Å². The number of methoxy groups -OCH3 is 1. The normalized spacial score (nSPS) is 9.50. The van der Waals surface area contributed by atoms with E-state index in [4.69, 9.17) is 4.74 Å². The summed E-state index contributed by atoms with van der Waals surface area (Å²) in [6.45, 7) is 0. The summed E-state index contributed by atoms with van der Waals surface area (Å²) in [6, 6.07) is 4.65. The highest BCUT2D eigenvalue weighted by atomic mass is 28.1. The zero-order valence-corrected chi connectivity index (χ0v) is 6.52. The van der Waals surface area contributed by atoms with E-state index in [1.807, 2.05) is 0 Å². The van der Waals surface area contributed by atoms with Gasteiger partial charge in [0, 0.05) is 0 Å².